The quantitative estimate of drug-likeness (QED) is 0.445. The number of methoxy groups -OCH3 is 1. The van der Waals surface area contributed by atoms with Gasteiger partial charge in [-0.1, -0.05) is 84.4 Å². The van der Waals surface area contributed by atoms with Gasteiger partial charge in [0.2, 0.25) is 10.0 Å². The largest absolute Gasteiger partial charge is 0.383 e. The average molecular weight is 503 g/mol. The van der Waals surface area contributed by atoms with Gasteiger partial charge in [-0.3, -0.25) is 4.90 Å². The Kier molecular flexibility index (Phi) is 7.13. The maximum Gasteiger partial charge on any atom is 0.243 e. The zero-order chi connectivity index (χ0) is 25.3. The number of hydrogen-bond donors (Lipinski definition) is 0. The molecule has 0 radical (unpaired) electrons. The van der Waals surface area contributed by atoms with Gasteiger partial charge in [0.1, 0.15) is 0 Å². The van der Waals surface area contributed by atoms with E-state index in [0.717, 1.165) is 12.1 Å². The van der Waals surface area contributed by atoms with Crippen LogP contribution in [-0.4, -0.2) is 63.1 Å². The first-order valence-corrected chi connectivity index (χ1v) is 14.0. The fourth-order valence-corrected chi connectivity index (χ4v) is 7.33. The minimum atomic E-state index is -3.61. The molecular weight excluding hydrogens is 468 g/mol. The smallest absolute Gasteiger partial charge is 0.243 e. The van der Waals surface area contributed by atoms with Gasteiger partial charge in [0.25, 0.3) is 0 Å². The standard InChI is InChI=1S/C30H34N2O3S/c1-22-9-8-11-26(19-22)24-13-15-25(16-14-24)30-27-20-31(17-6-7-18-32(27)28(30)21-35-3)36(33,34)29-12-5-4-10-23(29)2/h4-16,19,27-28,30H,17-18,20-21H2,1-3H3/b7-6-/t27-,28+,30-/m0/s1. The van der Waals surface area contributed by atoms with E-state index in [-0.39, 0.29) is 18.0 Å². The summed E-state index contributed by atoms with van der Waals surface area (Å²) < 4.78 is 34.6. The lowest BCUT2D eigenvalue weighted by Crippen LogP contribution is -2.67. The maximum absolute atomic E-state index is 13.7. The highest BCUT2D eigenvalue weighted by Crippen LogP contribution is 2.43. The van der Waals surface area contributed by atoms with Crippen LogP contribution in [0.4, 0.5) is 0 Å². The zero-order valence-electron chi connectivity index (χ0n) is 21.2. The number of rotatable bonds is 6. The van der Waals surface area contributed by atoms with Crippen LogP contribution in [-0.2, 0) is 14.8 Å². The number of hydrogen-bond acceptors (Lipinski definition) is 4. The van der Waals surface area contributed by atoms with Gasteiger partial charge in [0.05, 0.1) is 11.5 Å². The summed E-state index contributed by atoms with van der Waals surface area (Å²) in [7, 11) is -1.88. The number of benzene rings is 3. The minimum absolute atomic E-state index is 0.0821. The van der Waals surface area contributed by atoms with Gasteiger partial charge in [0.15, 0.2) is 0 Å². The molecule has 0 spiro atoms. The van der Waals surface area contributed by atoms with Crippen LogP contribution in [0, 0.1) is 13.8 Å². The van der Waals surface area contributed by atoms with E-state index in [2.05, 4.69) is 66.4 Å². The number of aryl methyl sites for hydroxylation is 2. The summed E-state index contributed by atoms with van der Waals surface area (Å²) in [6, 6.07) is 24.8. The molecule has 2 aliphatic rings. The molecule has 0 aromatic heterocycles. The molecule has 0 bridgehead atoms. The highest BCUT2D eigenvalue weighted by Gasteiger charge is 2.50. The molecule has 5 nitrogen and oxygen atoms in total. The maximum atomic E-state index is 13.7. The lowest BCUT2D eigenvalue weighted by atomic mass is 9.74. The summed E-state index contributed by atoms with van der Waals surface area (Å²) in [4.78, 5) is 2.77. The molecule has 36 heavy (non-hydrogen) atoms. The molecule has 6 heteroatoms. The first kappa shape index (κ1) is 24.9. The van der Waals surface area contributed by atoms with E-state index < -0.39 is 10.0 Å². The van der Waals surface area contributed by atoms with E-state index in [9.17, 15) is 8.42 Å². The first-order chi connectivity index (χ1) is 17.4. The molecule has 0 N–H and O–H groups in total. The molecule has 2 aliphatic heterocycles. The van der Waals surface area contributed by atoms with Crippen LogP contribution in [0.15, 0.2) is 89.8 Å². The van der Waals surface area contributed by atoms with E-state index >= 15 is 0 Å². The lowest BCUT2D eigenvalue weighted by Gasteiger charge is -2.56. The van der Waals surface area contributed by atoms with Crippen molar-refractivity contribution >= 4 is 10.0 Å². The molecular formula is C30H34N2O3S. The molecule has 2 heterocycles. The molecule has 3 aromatic carbocycles. The third-order valence-electron chi connectivity index (χ3n) is 7.56. The first-order valence-electron chi connectivity index (χ1n) is 12.5. The van der Waals surface area contributed by atoms with Crippen LogP contribution in [0.25, 0.3) is 11.1 Å². The Labute approximate surface area is 215 Å². The third kappa shape index (κ3) is 4.66. The monoisotopic (exact) mass is 502 g/mol. The van der Waals surface area contributed by atoms with Crippen molar-refractivity contribution in [2.75, 3.05) is 33.4 Å². The van der Waals surface area contributed by atoms with Crippen LogP contribution >= 0.6 is 0 Å². The van der Waals surface area contributed by atoms with Gasteiger partial charge < -0.3 is 4.74 Å². The van der Waals surface area contributed by atoms with Gasteiger partial charge in [0, 0.05) is 44.7 Å². The number of ether oxygens (including phenoxy) is 1. The molecule has 5 rings (SSSR count). The number of nitrogens with zero attached hydrogens (tertiary/aromatic N) is 2. The van der Waals surface area contributed by atoms with E-state index in [1.807, 2.05) is 25.1 Å². The van der Waals surface area contributed by atoms with Crippen molar-refractivity contribution in [2.45, 2.75) is 36.7 Å². The Balaban J connectivity index is 1.46. The normalized spacial score (nSPS) is 23.8. The van der Waals surface area contributed by atoms with E-state index in [1.165, 1.54) is 22.3 Å². The van der Waals surface area contributed by atoms with Gasteiger partial charge >= 0.3 is 0 Å². The molecule has 0 unspecified atom stereocenters. The molecule has 188 valence electrons. The fourth-order valence-electron chi connectivity index (χ4n) is 5.69. The second-order valence-electron chi connectivity index (χ2n) is 9.86. The van der Waals surface area contributed by atoms with Crippen LogP contribution in [0.1, 0.15) is 22.6 Å². The molecule has 3 atom stereocenters. The van der Waals surface area contributed by atoms with E-state index in [1.54, 1.807) is 23.5 Å². The van der Waals surface area contributed by atoms with Crippen molar-refractivity contribution in [3.05, 3.63) is 102 Å². The van der Waals surface area contributed by atoms with Gasteiger partial charge in [-0.15, -0.1) is 0 Å². The summed E-state index contributed by atoms with van der Waals surface area (Å²) in [6.07, 6.45) is 4.06. The van der Waals surface area contributed by atoms with Crippen molar-refractivity contribution in [3.8, 4) is 11.1 Å². The van der Waals surface area contributed by atoms with Gasteiger partial charge in [-0.05, 0) is 42.2 Å². The second-order valence-corrected chi connectivity index (χ2v) is 11.8. The lowest BCUT2D eigenvalue weighted by molar-refractivity contribution is -0.0508. The van der Waals surface area contributed by atoms with E-state index in [0.29, 0.717) is 24.6 Å². The predicted molar refractivity (Wildman–Crippen MR) is 145 cm³/mol. The predicted octanol–water partition coefficient (Wildman–Crippen LogP) is 5.01. The summed E-state index contributed by atoms with van der Waals surface area (Å²) in [6.45, 7) is 6.21. The Hall–Kier alpha value is -2.77. The summed E-state index contributed by atoms with van der Waals surface area (Å²) in [5.74, 6) is 0.192. The Morgan fingerprint density at radius 2 is 1.64 bits per heavy atom. The highest BCUT2D eigenvalue weighted by molar-refractivity contribution is 7.89. The van der Waals surface area contributed by atoms with Crippen LogP contribution < -0.4 is 0 Å². The molecule has 1 saturated heterocycles. The van der Waals surface area contributed by atoms with Crippen molar-refractivity contribution in [2.24, 2.45) is 0 Å². The van der Waals surface area contributed by atoms with Crippen molar-refractivity contribution < 1.29 is 13.2 Å². The average Bonchev–Trinajstić information content (AvgIpc) is 2.85. The highest BCUT2D eigenvalue weighted by atomic mass is 32.2. The third-order valence-corrected chi connectivity index (χ3v) is 9.55. The minimum Gasteiger partial charge on any atom is -0.383 e. The Bertz CT molecular complexity index is 1350. The van der Waals surface area contributed by atoms with Crippen molar-refractivity contribution in [3.63, 3.8) is 0 Å². The van der Waals surface area contributed by atoms with Crippen molar-refractivity contribution in [1.29, 1.82) is 0 Å². The molecule has 0 saturated carbocycles. The Morgan fingerprint density at radius 3 is 2.36 bits per heavy atom. The number of sulfonamides is 1. The Morgan fingerprint density at radius 1 is 0.889 bits per heavy atom. The number of fused-ring (bicyclic) bond motifs is 1. The summed E-state index contributed by atoms with van der Waals surface area (Å²) in [5.41, 5.74) is 5.63. The SMILES string of the molecule is COC[C@@H]1[C@@H](c2ccc(-c3cccc(C)c3)cc2)[C@@H]2CN(S(=O)(=O)c3ccccc3C)C/C=C\CN12. The van der Waals surface area contributed by atoms with E-state index in [4.69, 9.17) is 4.74 Å². The van der Waals surface area contributed by atoms with Crippen LogP contribution in [0.2, 0.25) is 0 Å². The molecule has 3 aromatic rings. The zero-order valence-corrected chi connectivity index (χ0v) is 22.0. The summed E-state index contributed by atoms with van der Waals surface area (Å²) >= 11 is 0. The van der Waals surface area contributed by atoms with Gasteiger partial charge in [-0.25, -0.2) is 8.42 Å². The molecule has 0 aliphatic carbocycles. The molecule has 1 fully saturated rings. The van der Waals surface area contributed by atoms with Crippen LogP contribution in [0.3, 0.4) is 0 Å². The summed E-state index contributed by atoms with van der Waals surface area (Å²) in [5, 5.41) is 0. The van der Waals surface area contributed by atoms with Crippen LogP contribution in [0.5, 0.6) is 0 Å². The molecule has 0 amide bonds. The second kappa shape index (κ2) is 10.3. The topological polar surface area (TPSA) is 49.9 Å². The fraction of sp³-hybridized carbons (Fsp3) is 0.333. The van der Waals surface area contributed by atoms with Gasteiger partial charge in [-0.2, -0.15) is 4.31 Å². The van der Waals surface area contributed by atoms with Crippen molar-refractivity contribution in [1.82, 2.24) is 9.21 Å².